The maximum absolute atomic E-state index is 8.43. The van der Waals surface area contributed by atoms with Crippen LogP contribution in [0.1, 0.15) is 27.7 Å². The van der Waals surface area contributed by atoms with Gasteiger partial charge in [0.2, 0.25) is 0 Å². The molecule has 0 amide bonds. The highest BCUT2D eigenvalue weighted by molar-refractivity contribution is 6.32. The lowest BCUT2D eigenvalue weighted by atomic mass is 9.97. The summed E-state index contributed by atoms with van der Waals surface area (Å²) in [5, 5.41) is 49.1. The van der Waals surface area contributed by atoms with Crippen molar-refractivity contribution in [1.29, 1.82) is 0 Å². The van der Waals surface area contributed by atoms with Crippen LogP contribution in [0, 0.1) is 10.8 Å². The van der Waals surface area contributed by atoms with E-state index in [9.17, 15) is 0 Å². The fraction of sp³-hybridized carbons (Fsp3) is 1.00. The summed E-state index contributed by atoms with van der Waals surface area (Å²) in [6, 6.07) is 0. The second kappa shape index (κ2) is 14.3. The number of hydrogen-bond acceptors (Lipinski definition) is 7. The van der Waals surface area contributed by atoms with E-state index < -0.39 is 15.4 Å². The molecule has 0 rings (SSSR count). The maximum Gasteiger partial charge on any atom is 0.421 e. The Kier molecular flexibility index (Phi) is 17.9. The molecule has 0 aliphatic rings. The zero-order valence-corrected chi connectivity index (χ0v) is 12.3. The van der Waals surface area contributed by atoms with Gasteiger partial charge in [-0.25, -0.2) is 0 Å². The molecule has 0 aliphatic carbocycles. The second-order valence-electron chi connectivity index (χ2n) is 5.42. The van der Waals surface area contributed by atoms with E-state index >= 15 is 0 Å². The van der Waals surface area contributed by atoms with E-state index in [1.54, 1.807) is 27.7 Å². The first kappa shape index (κ1) is 23.9. The zero-order valence-electron chi connectivity index (χ0n) is 12.3. The molecule has 0 aromatic heterocycles. The molecule has 0 fully saturated rings. The summed E-state index contributed by atoms with van der Waals surface area (Å²) in [5.74, 6) is 0. The number of aliphatic hydroxyl groups excluding tert-OH is 4. The molecule has 0 aliphatic heterocycles. The largest absolute Gasteiger partial charge is 0.457 e. The third kappa shape index (κ3) is 23.4. The van der Waals surface area contributed by atoms with Gasteiger partial charge in [0.25, 0.3) is 0 Å². The zero-order chi connectivity index (χ0) is 15.9. The van der Waals surface area contributed by atoms with Gasteiger partial charge >= 0.3 is 15.4 Å². The van der Waals surface area contributed by atoms with Crippen LogP contribution >= 0.6 is 0 Å². The molecule has 0 aromatic carbocycles. The van der Waals surface area contributed by atoms with E-state index in [4.69, 9.17) is 30.5 Å². The molecule has 7 nitrogen and oxygen atoms in total. The van der Waals surface area contributed by atoms with E-state index in [1.165, 1.54) is 0 Å². The standard InChI is InChI=1S/2C5H12O2.B2H4O3/c2*1-5(2,3-6)4-7;3-1-5-2-4/h2*6-7H,3-4H2,1-2H3;1-4H. The van der Waals surface area contributed by atoms with Crippen molar-refractivity contribution in [3.05, 3.63) is 0 Å². The van der Waals surface area contributed by atoms with E-state index in [2.05, 4.69) is 4.57 Å². The van der Waals surface area contributed by atoms with E-state index in [0.29, 0.717) is 0 Å². The minimum atomic E-state index is -0.406. The molecule has 9 heteroatoms. The van der Waals surface area contributed by atoms with Crippen molar-refractivity contribution in [2.75, 3.05) is 26.4 Å². The van der Waals surface area contributed by atoms with Gasteiger partial charge in [0.05, 0.1) is 26.4 Å². The van der Waals surface area contributed by atoms with Gasteiger partial charge < -0.3 is 35.0 Å². The molecule has 0 atom stereocenters. The normalized spacial score (nSPS) is 10.6. The van der Waals surface area contributed by atoms with Crippen LogP contribution in [0.5, 0.6) is 0 Å². The van der Waals surface area contributed by atoms with Crippen molar-refractivity contribution in [1.82, 2.24) is 0 Å². The molecule has 0 heterocycles. The van der Waals surface area contributed by atoms with Gasteiger partial charge in [-0.2, -0.15) is 0 Å². The molecule has 6 N–H and O–H groups in total. The van der Waals surface area contributed by atoms with Crippen molar-refractivity contribution in [2.45, 2.75) is 27.7 Å². The highest BCUT2D eigenvalue weighted by Gasteiger charge is 2.13. The Balaban J connectivity index is -0.000000206. The summed E-state index contributed by atoms with van der Waals surface area (Å²) in [6.45, 7) is 7.38. The summed E-state index contributed by atoms with van der Waals surface area (Å²) in [5.41, 5.74) is -0.611. The summed E-state index contributed by atoms with van der Waals surface area (Å²) < 4.78 is 3.94. The van der Waals surface area contributed by atoms with Crippen LogP contribution in [0.15, 0.2) is 0 Å². The highest BCUT2D eigenvalue weighted by atomic mass is 16.5. The van der Waals surface area contributed by atoms with Crippen molar-refractivity contribution in [3.63, 3.8) is 0 Å². The van der Waals surface area contributed by atoms with Crippen molar-refractivity contribution >= 4 is 15.4 Å². The average Bonchev–Trinajstić information content (AvgIpc) is 2.41. The summed E-state index contributed by atoms with van der Waals surface area (Å²) >= 11 is 0. The van der Waals surface area contributed by atoms with Gasteiger partial charge in [-0.15, -0.1) is 0 Å². The molecule has 116 valence electrons. The molecular weight excluding hydrogens is 254 g/mol. The number of hydrogen-bond donors (Lipinski definition) is 6. The Morgan fingerprint density at radius 1 is 0.684 bits per heavy atom. The third-order valence-electron chi connectivity index (χ3n) is 1.89. The first-order chi connectivity index (χ1) is 8.66. The first-order valence-electron chi connectivity index (χ1n) is 5.89. The van der Waals surface area contributed by atoms with Crippen LogP contribution in [-0.2, 0) is 4.57 Å². The monoisotopic (exact) mass is 282 g/mol. The maximum atomic E-state index is 8.43. The number of aliphatic hydroxyl groups is 4. The van der Waals surface area contributed by atoms with Crippen molar-refractivity contribution in [3.8, 4) is 0 Å². The van der Waals surface area contributed by atoms with Gasteiger partial charge in [-0.05, 0) is 0 Å². The molecule has 0 saturated heterocycles. The van der Waals surface area contributed by atoms with Crippen LogP contribution in [-0.4, -0.2) is 72.3 Å². The van der Waals surface area contributed by atoms with Crippen molar-refractivity contribution < 1.29 is 35.0 Å². The van der Waals surface area contributed by atoms with Gasteiger partial charge in [-0.3, -0.25) is 0 Å². The first-order valence-corrected chi connectivity index (χ1v) is 5.89. The minimum absolute atomic E-state index is 0.0451. The van der Waals surface area contributed by atoms with Crippen LogP contribution in [0.4, 0.5) is 0 Å². The smallest absolute Gasteiger partial charge is 0.421 e. The van der Waals surface area contributed by atoms with Gasteiger partial charge in [0.1, 0.15) is 0 Å². The second-order valence-corrected chi connectivity index (χ2v) is 5.42. The lowest BCUT2D eigenvalue weighted by molar-refractivity contribution is 0.0855. The Morgan fingerprint density at radius 2 is 0.895 bits per heavy atom. The molecular formula is C10H28B2O7. The molecule has 0 bridgehead atoms. The Labute approximate surface area is 116 Å². The molecule has 0 spiro atoms. The Bertz CT molecular complexity index is 149. The molecule has 0 radical (unpaired) electrons. The average molecular weight is 282 g/mol. The Hall–Kier alpha value is -0.150. The molecule has 19 heavy (non-hydrogen) atoms. The Morgan fingerprint density at radius 3 is 0.895 bits per heavy atom. The number of rotatable bonds is 6. The van der Waals surface area contributed by atoms with E-state index in [1.807, 2.05) is 0 Å². The predicted octanol–water partition coefficient (Wildman–Crippen LogP) is -2.48. The minimum Gasteiger partial charge on any atom is -0.457 e. The summed E-state index contributed by atoms with van der Waals surface area (Å²) in [6.07, 6.45) is 0. The van der Waals surface area contributed by atoms with Crippen LogP contribution in [0.2, 0.25) is 0 Å². The van der Waals surface area contributed by atoms with Gasteiger partial charge in [0.15, 0.2) is 0 Å². The fourth-order valence-corrected chi connectivity index (χ4v) is 0.141. The lowest BCUT2D eigenvalue weighted by Crippen LogP contribution is -2.20. The van der Waals surface area contributed by atoms with Crippen LogP contribution in [0.25, 0.3) is 0 Å². The predicted molar refractivity (Wildman–Crippen MR) is 75.7 cm³/mol. The fourth-order valence-electron chi connectivity index (χ4n) is 0.141. The van der Waals surface area contributed by atoms with E-state index in [-0.39, 0.29) is 37.3 Å². The molecule has 0 unspecified atom stereocenters. The van der Waals surface area contributed by atoms with Gasteiger partial charge in [0, 0.05) is 10.8 Å². The summed E-state index contributed by atoms with van der Waals surface area (Å²) in [7, 11) is -0.812. The molecule has 0 saturated carbocycles. The summed E-state index contributed by atoms with van der Waals surface area (Å²) in [4.78, 5) is 0. The lowest BCUT2D eigenvalue weighted by Gasteiger charge is -2.16. The quantitative estimate of drug-likeness (QED) is 0.297. The van der Waals surface area contributed by atoms with Crippen LogP contribution < -0.4 is 0 Å². The topological polar surface area (TPSA) is 131 Å². The van der Waals surface area contributed by atoms with E-state index in [0.717, 1.165) is 0 Å². The third-order valence-corrected chi connectivity index (χ3v) is 1.89. The highest BCUT2D eigenvalue weighted by Crippen LogP contribution is 2.10. The van der Waals surface area contributed by atoms with Crippen LogP contribution in [0.3, 0.4) is 0 Å². The van der Waals surface area contributed by atoms with Crippen molar-refractivity contribution in [2.24, 2.45) is 10.8 Å². The molecule has 0 aromatic rings. The SMILES string of the molecule is CC(C)(CO)CO.CC(C)(CO)CO.OBOBO. The van der Waals surface area contributed by atoms with Gasteiger partial charge in [-0.1, -0.05) is 27.7 Å².